The van der Waals surface area contributed by atoms with Gasteiger partial charge in [-0.25, -0.2) is 4.79 Å². The SMILES string of the molecule is COc1cc([C@@H]2c3cc4c(cc3[C@@H](NC(=O)C(C)(C)OC(=O)C3=CC(C)(C)N([O])C3(C)C)[C@H]3COC(=O)[C@H]23)OCO4)cc(OC)c1OC. The molecular formula is C35H41N2O11. The molecular weight excluding hydrogens is 624 g/mol. The number of fused-ring (bicyclic) bond motifs is 3. The van der Waals surface area contributed by atoms with E-state index in [0.29, 0.717) is 45.4 Å². The number of carbonyl (C=O) groups excluding carboxylic acids is 3. The first-order valence-corrected chi connectivity index (χ1v) is 15.7. The molecule has 2 aromatic rings. The van der Waals surface area contributed by atoms with Gasteiger partial charge in [-0.05, 0) is 88.6 Å². The van der Waals surface area contributed by atoms with E-state index < -0.39 is 58.3 Å². The average molecular weight is 666 g/mol. The van der Waals surface area contributed by atoms with Crippen molar-refractivity contribution >= 4 is 17.8 Å². The zero-order chi connectivity index (χ0) is 34.9. The average Bonchev–Trinajstić information content (AvgIpc) is 3.70. The van der Waals surface area contributed by atoms with E-state index in [1.54, 1.807) is 45.9 Å². The molecule has 0 saturated carbocycles. The number of benzene rings is 2. The van der Waals surface area contributed by atoms with Crippen LogP contribution in [0.15, 0.2) is 35.9 Å². The molecule has 3 aliphatic heterocycles. The number of amides is 1. The van der Waals surface area contributed by atoms with Gasteiger partial charge in [-0.15, -0.1) is 10.3 Å². The molecule has 1 saturated heterocycles. The van der Waals surface area contributed by atoms with Crippen LogP contribution in [0.2, 0.25) is 0 Å². The Balaban J connectivity index is 1.39. The van der Waals surface area contributed by atoms with Crippen molar-refractivity contribution in [2.45, 2.75) is 70.2 Å². The molecule has 0 aromatic heterocycles. The van der Waals surface area contributed by atoms with E-state index in [-0.39, 0.29) is 19.0 Å². The number of methoxy groups -OCH3 is 3. The van der Waals surface area contributed by atoms with Gasteiger partial charge in [-0.2, -0.15) is 0 Å². The molecule has 13 nitrogen and oxygen atoms in total. The number of nitrogens with one attached hydrogen (secondary N) is 1. The zero-order valence-electron chi connectivity index (χ0n) is 28.5. The third-order valence-electron chi connectivity index (χ3n) is 9.82. The fourth-order valence-corrected chi connectivity index (χ4v) is 7.40. The number of esters is 2. The van der Waals surface area contributed by atoms with Crippen LogP contribution in [0.1, 0.15) is 70.2 Å². The molecule has 13 heteroatoms. The number of hydrogen-bond donors (Lipinski definition) is 1. The Morgan fingerprint density at radius 1 is 0.917 bits per heavy atom. The highest BCUT2D eigenvalue weighted by Crippen LogP contribution is 2.55. The van der Waals surface area contributed by atoms with Crippen molar-refractivity contribution in [2.24, 2.45) is 11.8 Å². The molecule has 1 aliphatic carbocycles. The lowest BCUT2D eigenvalue weighted by Crippen LogP contribution is -2.52. The summed E-state index contributed by atoms with van der Waals surface area (Å²) >= 11 is 0. The Morgan fingerprint density at radius 2 is 1.52 bits per heavy atom. The number of hydrogen-bond acceptors (Lipinski definition) is 11. The summed E-state index contributed by atoms with van der Waals surface area (Å²) in [7, 11) is 4.54. The topological polar surface area (TPSA) is 151 Å². The normalized spacial score (nSPS) is 25.0. The van der Waals surface area contributed by atoms with Crippen molar-refractivity contribution in [3.05, 3.63) is 52.6 Å². The van der Waals surface area contributed by atoms with E-state index in [1.807, 2.05) is 12.1 Å². The number of carbonyl (C=O) groups is 3. The first-order valence-electron chi connectivity index (χ1n) is 15.7. The van der Waals surface area contributed by atoms with Gasteiger partial charge in [-0.3, -0.25) is 9.59 Å². The fraction of sp³-hybridized carbons (Fsp3) is 0.514. The van der Waals surface area contributed by atoms with Crippen molar-refractivity contribution in [1.82, 2.24) is 10.4 Å². The molecule has 1 N–H and O–H groups in total. The van der Waals surface area contributed by atoms with Crippen LogP contribution in [0.4, 0.5) is 0 Å². The zero-order valence-corrected chi connectivity index (χ0v) is 28.5. The number of rotatable bonds is 8. The maximum absolute atomic E-state index is 14.0. The van der Waals surface area contributed by atoms with Gasteiger partial charge in [-0.1, -0.05) is 0 Å². The smallest absolute Gasteiger partial charge is 0.336 e. The van der Waals surface area contributed by atoms with Crippen LogP contribution < -0.4 is 29.0 Å². The Morgan fingerprint density at radius 3 is 2.06 bits per heavy atom. The third-order valence-corrected chi connectivity index (χ3v) is 9.82. The summed E-state index contributed by atoms with van der Waals surface area (Å²) in [4.78, 5) is 41.0. The van der Waals surface area contributed by atoms with Gasteiger partial charge in [0.2, 0.25) is 12.5 Å². The van der Waals surface area contributed by atoms with Crippen molar-refractivity contribution in [1.29, 1.82) is 0 Å². The number of nitrogens with zero attached hydrogens (tertiary/aromatic N) is 1. The monoisotopic (exact) mass is 665 g/mol. The van der Waals surface area contributed by atoms with Gasteiger partial charge in [0.05, 0.1) is 56.5 Å². The molecule has 48 heavy (non-hydrogen) atoms. The first kappa shape index (κ1) is 33.4. The minimum atomic E-state index is -1.66. The Kier molecular flexibility index (Phi) is 8.07. The highest BCUT2D eigenvalue weighted by molar-refractivity contribution is 5.95. The summed E-state index contributed by atoms with van der Waals surface area (Å²) in [5, 5.41) is 16.8. The predicted molar refractivity (Wildman–Crippen MR) is 168 cm³/mol. The lowest BCUT2D eigenvalue weighted by Gasteiger charge is -2.40. The molecule has 4 aliphatic rings. The molecule has 0 bridgehead atoms. The predicted octanol–water partition coefficient (Wildman–Crippen LogP) is 4.00. The van der Waals surface area contributed by atoms with Gasteiger partial charge in [0.25, 0.3) is 5.91 Å². The summed E-state index contributed by atoms with van der Waals surface area (Å²) in [6.45, 7) is 9.72. The lowest BCUT2D eigenvalue weighted by atomic mass is 9.65. The van der Waals surface area contributed by atoms with Crippen LogP contribution in [0.5, 0.6) is 28.7 Å². The van der Waals surface area contributed by atoms with Crippen molar-refractivity contribution in [3.63, 3.8) is 0 Å². The molecule has 1 fully saturated rings. The third kappa shape index (κ3) is 5.20. The van der Waals surface area contributed by atoms with Crippen LogP contribution >= 0.6 is 0 Å². The maximum atomic E-state index is 14.0. The maximum Gasteiger partial charge on any atom is 0.336 e. The number of hydroxylamine groups is 2. The van der Waals surface area contributed by atoms with Crippen LogP contribution in [0, 0.1) is 11.8 Å². The van der Waals surface area contributed by atoms with E-state index in [4.69, 9.17) is 33.2 Å². The van der Waals surface area contributed by atoms with Gasteiger partial charge in [0.15, 0.2) is 28.6 Å². The van der Waals surface area contributed by atoms with Crippen molar-refractivity contribution < 1.29 is 52.7 Å². The number of cyclic esters (lactones) is 1. The van der Waals surface area contributed by atoms with Crippen LogP contribution in [0.3, 0.4) is 0 Å². The second-order valence-electron chi connectivity index (χ2n) is 14.0. The molecule has 6 rings (SSSR count). The Labute approximate surface area is 279 Å². The van der Waals surface area contributed by atoms with Crippen LogP contribution in [-0.4, -0.2) is 74.3 Å². The second kappa shape index (κ2) is 11.6. The molecule has 257 valence electrons. The highest BCUT2D eigenvalue weighted by atomic mass is 16.7. The fourth-order valence-electron chi connectivity index (χ4n) is 7.40. The van der Waals surface area contributed by atoms with Gasteiger partial charge in [0.1, 0.15) is 0 Å². The van der Waals surface area contributed by atoms with E-state index in [0.717, 1.165) is 5.06 Å². The second-order valence-corrected chi connectivity index (χ2v) is 14.0. The van der Waals surface area contributed by atoms with E-state index >= 15 is 0 Å². The summed E-state index contributed by atoms with van der Waals surface area (Å²) in [5.41, 5.74) is -1.46. The van der Waals surface area contributed by atoms with Gasteiger partial charge < -0.3 is 38.5 Å². The van der Waals surface area contributed by atoms with Gasteiger partial charge in [0, 0.05) is 11.8 Å². The molecule has 1 amide bonds. The van der Waals surface area contributed by atoms with Crippen LogP contribution in [-0.2, 0) is 29.1 Å². The Bertz CT molecular complexity index is 1690. The molecule has 3 heterocycles. The number of ether oxygens (including phenoxy) is 7. The summed E-state index contributed by atoms with van der Waals surface area (Å²) in [5.74, 6) is -1.32. The van der Waals surface area contributed by atoms with Crippen molar-refractivity contribution in [3.8, 4) is 28.7 Å². The molecule has 4 atom stereocenters. The van der Waals surface area contributed by atoms with E-state index in [1.165, 1.54) is 35.2 Å². The summed E-state index contributed by atoms with van der Waals surface area (Å²) < 4.78 is 39.7. The molecule has 0 spiro atoms. The standard InChI is InChI=1S/C35H41N2O11/c1-33(2)14-21(34(3,4)37(33)41)30(38)48-35(5,6)32(40)36-28-19-13-23-22(46-16-47-23)12-18(19)26(27-20(28)15-45-31(27)39)17-10-24(42-7)29(44-9)25(11-17)43-8/h10-14,20,26-28H,15-16H2,1-9H3,(H,36,40)/t20-,26+,27-,28+/m0/s1. The van der Waals surface area contributed by atoms with E-state index in [2.05, 4.69) is 5.32 Å². The highest BCUT2D eigenvalue weighted by Gasteiger charge is 2.55. The largest absolute Gasteiger partial charge is 0.493 e. The lowest BCUT2D eigenvalue weighted by molar-refractivity contribution is -0.239. The minimum absolute atomic E-state index is 0.0196. The quantitative estimate of drug-likeness (QED) is 0.408. The van der Waals surface area contributed by atoms with E-state index in [9.17, 15) is 19.6 Å². The first-order chi connectivity index (χ1) is 22.5. The van der Waals surface area contributed by atoms with Crippen molar-refractivity contribution in [2.75, 3.05) is 34.7 Å². The minimum Gasteiger partial charge on any atom is -0.493 e. The summed E-state index contributed by atoms with van der Waals surface area (Å²) in [6.07, 6.45) is 1.58. The molecule has 1 radical (unpaired) electrons. The molecule has 0 unspecified atom stereocenters. The van der Waals surface area contributed by atoms with Crippen LogP contribution in [0.25, 0.3) is 0 Å². The Hall–Kier alpha value is -4.49. The summed E-state index contributed by atoms with van der Waals surface area (Å²) in [6, 6.07) is 6.50. The molecule has 2 aromatic carbocycles. The van der Waals surface area contributed by atoms with Gasteiger partial charge >= 0.3 is 11.9 Å².